The molecule has 1 fully saturated rings. The van der Waals surface area contributed by atoms with Gasteiger partial charge in [0, 0.05) is 18.6 Å². The van der Waals surface area contributed by atoms with E-state index < -0.39 is 10.0 Å². The molecular formula is C14H25N3O3S. The Hall–Kier alpha value is -1.15. The van der Waals surface area contributed by atoms with Gasteiger partial charge in [-0.25, -0.2) is 13.1 Å². The fraction of sp³-hybridized carbons (Fsp3) is 0.571. The SMILES string of the molecule is Cc1ccc(O)cc1CNS(C)(=O)=O.N[C@@H]1CC[C@H](N)C1. The fourth-order valence-electron chi connectivity index (χ4n) is 2.11. The highest BCUT2D eigenvalue weighted by atomic mass is 32.2. The van der Waals surface area contributed by atoms with Gasteiger partial charge in [-0.05, 0) is 49.4 Å². The van der Waals surface area contributed by atoms with Crippen LogP contribution in [0.15, 0.2) is 18.2 Å². The van der Waals surface area contributed by atoms with E-state index in [0.717, 1.165) is 36.6 Å². The molecular weight excluding hydrogens is 290 g/mol. The number of phenols is 1. The molecule has 1 saturated carbocycles. The van der Waals surface area contributed by atoms with E-state index in [2.05, 4.69) is 4.72 Å². The van der Waals surface area contributed by atoms with Crippen LogP contribution in [0.2, 0.25) is 0 Å². The van der Waals surface area contributed by atoms with Crippen molar-refractivity contribution in [1.82, 2.24) is 4.72 Å². The molecule has 21 heavy (non-hydrogen) atoms. The Morgan fingerprint density at radius 2 is 1.86 bits per heavy atom. The van der Waals surface area contributed by atoms with Gasteiger partial charge in [0.05, 0.1) is 6.26 Å². The maximum Gasteiger partial charge on any atom is 0.209 e. The summed E-state index contributed by atoms with van der Waals surface area (Å²) in [5.74, 6) is 0.140. The zero-order valence-corrected chi connectivity index (χ0v) is 13.4. The van der Waals surface area contributed by atoms with Crippen molar-refractivity contribution < 1.29 is 13.5 Å². The molecule has 0 bridgehead atoms. The molecule has 6 nitrogen and oxygen atoms in total. The zero-order chi connectivity index (χ0) is 16.0. The van der Waals surface area contributed by atoms with Crippen molar-refractivity contribution in [3.8, 4) is 5.75 Å². The standard InChI is InChI=1S/C9H13NO3S.C5H12N2/c1-7-3-4-9(11)5-8(7)6-10-14(2,12)13;6-4-1-2-5(7)3-4/h3-5,10-11H,6H2,1-2H3;4-5H,1-3,6-7H2/t;4-,5+. The summed E-state index contributed by atoms with van der Waals surface area (Å²) < 4.78 is 24.0. The molecule has 0 saturated heterocycles. The summed E-state index contributed by atoms with van der Waals surface area (Å²) in [6.07, 6.45) is 4.38. The molecule has 1 aliphatic rings. The van der Waals surface area contributed by atoms with Crippen molar-refractivity contribution in [1.29, 1.82) is 0 Å². The Bertz CT molecular complexity index is 553. The van der Waals surface area contributed by atoms with Crippen LogP contribution >= 0.6 is 0 Å². The maximum atomic E-state index is 10.8. The highest BCUT2D eigenvalue weighted by Gasteiger charge is 2.16. The van der Waals surface area contributed by atoms with Crippen LogP contribution in [-0.4, -0.2) is 31.9 Å². The number of hydrogen-bond acceptors (Lipinski definition) is 5. The van der Waals surface area contributed by atoms with Crippen LogP contribution in [0.25, 0.3) is 0 Å². The van der Waals surface area contributed by atoms with Crippen LogP contribution in [0.1, 0.15) is 30.4 Å². The summed E-state index contributed by atoms with van der Waals surface area (Å²) in [6.45, 7) is 2.07. The van der Waals surface area contributed by atoms with Gasteiger partial charge in [0.2, 0.25) is 10.0 Å². The first-order valence-corrected chi connectivity index (χ1v) is 8.81. The molecule has 0 aromatic heterocycles. The number of phenolic OH excluding ortho intramolecular Hbond substituents is 1. The number of sulfonamides is 1. The van der Waals surface area contributed by atoms with Crippen molar-refractivity contribution in [2.45, 2.75) is 44.8 Å². The number of nitrogens with two attached hydrogens (primary N) is 2. The van der Waals surface area contributed by atoms with E-state index >= 15 is 0 Å². The maximum absolute atomic E-state index is 10.8. The average molecular weight is 315 g/mol. The quantitative estimate of drug-likeness (QED) is 0.650. The fourth-order valence-corrected chi connectivity index (χ4v) is 2.53. The summed E-state index contributed by atoms with van der Waals surface area (Å²) in [6, 6.07) is 5.66. The van der Waals surface area contributed by atoms with Crippen molar-refractivity contribution >= 4 is 10.0 Å². The summed E-state index contributed by atoms with van der Waals surface area (Å²) in [7, 11) is -3.18. The lowest BCUT2D eigenvalue weighted by atomic mass is 10.1. The van der Waals surface area contributed by atoms with Gasteiger partial charge in [0.15, 0.2) is 0 Å². The van der Waals surface area contributed by atoms with Crippen LogP contribution in [0.3, 0.4) is 0 Å². The first kappa shape index (κ1) is 17.9. The Labute approximate surface area is 126 Å². The van der Waals surface area contributed by atoms with E-state index in [9.17, 15) is 13.5 Å². The molecule has 0 radical (unpaired) electrons. The highest BCUT2D eigenvalue weighted by Crippen LogP contribution is 2.15. The van der Waals surface area contributed by atoms with Crippen LogP contribution in [0, 0.1) is 6.92 Å². The van der Waals surface area contributed by atoms with Gasteiger partial charge in [-0.1, -0.05) is 6.07 Å². The lowest BCUT2D eigenvalue weighted by molar-refractivity contribution is 0.474. The normalized spacial score (nSPS) is 21.7. The molecule has 2 rings (SSSR count). The second-order valence-corrected chi connectivity index (χ2v) is 7.37. The van der Waals surface area contributed by atoms with E-state index in [0.29, 0.717) is 12.1 Å². The Kier molecular flexibility index (Phi) is 6.60. The molecule has 0 heterocycles. The van der Waals surface area contributed by atoms with Gasteiger partial charge in [0.1, 0.15) is 5.75 Å². The lowest BCUT2D eigenvalue weighted by Crippen LogP contribution is -2.21. The van der Waals surface area contributed by atoms with Gasteiger partial charge in [0.25, 0.3) is 0 Å². The van der Waals surface area contributed by atoms with Crippen molar-refractivity contribution in [2.24, 2.45) is 11.5 Å². The minimum absolute atomic E-state index is 0.140. The predicted molar refractivity (Wildman–Crippen MR) is 84.3 cm³/mol. The highest BCUT2D eigenvalue weighted by molar-refractivity contribution is 7.88. The second-order valence-electron chi connectivity index (χ2n) is 5.54. The molecule has 0 amide bonds. The molecule has 1 aliphatic carbocycles. The predicted octanol–water partition coefficient (Wildman–Crippen LogP) is 0.575. The molecule has 0 unspecified atom stereocenters. The molecule has 0 spiro atoms. The van der Waals surface area contributed by atoms with Gasteiger partial charge in [-0.3, -0.25) is 0 Å². The molecule has 120 valence electrons. The molecule has 0 aliphatic heterocycles. The number of rotatable bonds is 3. The number of benzene rings is 1. The third kappa shape index (κ3) is 7.42. The summed E-state index contributed by atoms with van der Waals surface area (Å²) in [5, 5.41) is 9.19. The average Bonchev–Trinajstić information content (AvgIpc) is 2.74. The zero-order valence-electron chi connectivity index (χ0n) is 12.5. The van der Waals surface area contributed by atoms with Gasteiger partial charge in [-0.15, -0.1) is 0 Å². The van der Waals surface area contributed by atoms with E-state index in [1.165, 1.54) is 0 Å². The first-order chi connectivity index (χ1) is 9.67. The van der Waals surface area contributed by atoms with Crippen LogP contribution < -0.4 is 16.2 Å². The third-order valence-electron chi connectivity index (χ3n) is 3.37. The third-order valence-corrected chi connectivity index (χ3v) is 4.04. The van der Waals surface area contributed by atoms with Crippen LogP contribution in [0.4, 0.5) is 0 Å². The number of hydrogen-bond donors (Lipinski definition) is 4. The number of aromatic hydroxyl groups is 1. The molecule has 2 atom stereocenters. The summed E-state index contributed by atoms with van der Waals surface area (Å²) in [4.78, 5) is 0. The van der Waals surface area contributed by atoms with Gasteiger partial charge < -0.3 is 16.6 Å². The van der Waals surface area contributed by atoms with E-state index in [4.69, 9.17) is 11.5 Å². The molecule has 7 heteroatoms. The molecule has 6 N–H and O–H groups in total. The Balaban J connectivity index is 0.000000262. The van der Waals surface area contributed by atoms with E-state index in [-0.39, 0.29) is 12.3 Å². The van der Waals surface area contributed by atoms with Gasteiger partial charge >= 0.3 is 0 Å². The number of aryl methyl sites for hydroxylation is 1. The minimum Gasteiger partial charge on any atom is -0.508 e. The van der Waals surface area contributed by atoms with Crippen molar-refractivity contribution in [2.75, 3.05) is 6.26 Å². The first-order valence-electron chi connectivity index (χ1n) is 6.91. The van der Waals surface area contributed by atoms with Gasteiger partial charge in [-0.2, -0.15) is 0 Å². The topological polar surface area (TPSA) is 118 Å². The van der Waals surface area contributed by atoms with Crippen molar-refractivity contribution in [3.63, 3.8) is 0 Å². The minimum atomic E-state index is -3.18. The Morgan fingerprint density at radius 1 is 1.29 bits per heavy atom. The molecule has 1 aromatic rings. The van der Waals surface area contributed by atoms with Crippen LogP contribution in [-0.2, 0) is 16.6 Å². The molecule has 1 aromatic carbocycles. The van der Waals surface area contributed by atoms with E-state index in [1.54, 1.807) is 18.2 Å². The van der Waals surface area contributed by atoms with Crippen LogP contribution in [0.5, 0.6) is 5.75 Å². The monoisotopic (exact) mass is 315 g/mol. The second kappa shape index (κ2) is 7.74. The van der Waals surface area contributed by atoms with Crippen molar-refractivity contribution in [3.05, 3.63) is 29.3 Å². The summed E-state index contributed by atoms with van der Waals surface area (Å²) in [5.41, 5.74) is 12.8. The lowest BCUT2D eigenvalue weighted by Gasteiger charge is -2.06. The summed E-state index contributed by atoms with van der Waals surface area (Å²) >= 11 is 0. The number of nitrogens with one attached hydrogen (secondary N) is 1. The Morgan fingerprint density at radius 3 is 2.29 bits per heavy atom. The smallest absolute Gasteiger partial charge is 0.209 e. The van der Waals surface area contributed by atoms with E-state index in [1.807, 2.05) is 6.92 Å². The largest absolute Gasteiger partial charge is 0.508 e.